The van der Waals surface area contributed by atoms with Crippen molar-refractivity contribution < 1.29 is 0 Å². The van der Waals surface area contributed by atoms with Gasteiger partial charge in [-0.15, -0.1) is 8.20 Å². The van der Waals surface area contributed by atoms with Gasteiger partial charge >= 0.3 is 0 Å². The van der Waals surface area contributed by atoms with Gasteiger partial charge in [-0.2, -0.15) is 0 Å². The SMILES string of the molecule is C=PCCC. The molecule has 0 saturated carbocycles. The van der Waals surface area contributed by atoms with Crippen molar-refractivity contribution in [1.29, 1.82) is 0 Å². The van der Waals surface area contributed by atoms with Crippen LogP contribution in [0.15, 0.2) is 0 Å². The van der Waals surface area contributed by atoms with Crippen LogP contribution in [0.1, 0.15) is 13.3 Å². The highest BCUT2D eigenvalue weighted by molar-refractivity contribution is 7.36. The molecule has 0 bridgehead atoms. The summed E-state index contributed by atoms with van der Waals surface area (Å²) in [5, 5.41) is 0. The lowest BCUT2D eigenvalue weighted by Gasteiger charge is -1.72. The van der Waals surface area contributed by atoms with Crippen molar-refractivity contribution in [1.82, 2.24) is 0 Å². The number of hydrogen-bond acceptors (Lipinski definition) is 0. The molecule has 0 nitrogen and oxygen atoms in total. The van der Waals surface area contributed by atoms with Crippen LogP contribution in [0.4, 0.5) is 0 Å². The van der Waals surface area contributed by atoms with Gasteiger partial charge in [-0.1, -0.05) is 13.2 Å². The molecule has 0 aliphatic carbocycles. The molecule has 0 radical (unpaired) electrons. The van der Waals surface area contributed by atoms with Gasteiger partial charge in [0, 0.05) is 0 Å². The minimum Gasteiger partial charge on any atom is -0.113 e. The maximum absolute atomic E-state index is 3.65. The Morgan fingerprint density at radius 2 is 2.40 bits per heavy atom. The topological polar surface area (TPSA) is 0 Å². The average molecular weight is 88.1 g/mol. The Morgan fingerprint density at radius 1 is 1.80 bits per heavy atom. The van der Waals surface area contributed by atoms with Gasteiger partial charge in [0.1, 0.15) is 0 Å². The predicted octanol–water partition coefficient (Wildman–Crippen LogP) is 1.77. The van der Waals surface area contributed by atoms with E-state index >= 15 is 0 Å². The molecule has 0 amide bonds. The van der Waals surface area contributed by atoms with Crippen molar-refractivity contribution in [2.24, 2.45) is 0 Å². The second kappa shape index (κ2) is 4.17. The zero-order valence-electron chi connectivity index (χ0n) is 3.57. The van der Waals surface area contributed by atoms with Crippen LogP contribution in [0.3, 0.4) is 0 Å². The fraction of sp³-hybridized carbons (Fsp3) is 0.750. The largest absolute Gasteiger partial charge is 0.113 e. The first-order valence-corrected chi connectivity index (χ1v) is 3.10. The second-order valence-electron chi connectivity index (χ2n) is 0.947. The summed E-state index contributed by atoms with van der Waals surface area (Å²) in [6.45, 7) is 2.16. The third kappa shape index (κ3) is 4.17. The molecule has 0 aliphatic rings. The van der Waals surface area contributed by atoms with Gasteiger partial charge in [0.2, 0.25) is 0 Å². The molecule has 0 N–H and O–H groups in total. The Bertz CT molecular complexity index is 24.8. The van der Waals surface area contributed by atoms with Gasteiger partial charge in [-0.3, -0.25) is 0 Å². The van der Waals surface area contributed by atoms with Crippen molar-refractivity contribution in [3.05, 3.63) is 0 Å². The lowest BCUT2D eigenvalue weighted by atomic mass is 10.6. The molecular formula is C4H9P. The molecule has 0 aliphatic heterocycles. The van der Waals surface area contributed by atoms with Crippen LogP contribution in [0, 0.1) is 0 Å². The molecule has 0 spiro atoms. The van der Waals surface area contributed by atoms with Gasteiger partial charge in [-0.05, 0) is 12.6 Å². The summed E-state index contributed by atoms with van der Waals surface area (Å²) in [5.74, 6) is 0. The van der Waals surface area contributed by atoms with E-state index in [4.69, 9.17) is 0 Å². The normalized spacial score (nSPS) is 9.00. The molecule has 0 aromatic rings. The van der Waals surface area contributed by atoms with E-state index < -0.39 is 0 Å². The summed E-state index contributed by atoms with van der Waals surface area (Å²) >= 11 is 0. The van der Waals surface area contributed by atoms with E-state index in [0.29, 0.717) is 0 Å². The van der Waals surface area contributed by atoms with Crippen molar-refractivity contribution in [2.75, 3.05) is 6.16 Å². The first-order valence-electron chi connectivity index (χ1n) is 1.84. The molecule has 30 valence electrons. The molecule has 0 rings (SSSR count). The number of rotatable bonds is 2. The first-order chi connectivity index (χ1) is 2.41. The molecule has 1 heteroatoms. The summed E-state index contributed by atoms with van der Waals surface area (Å²) in [5.41, 5.74) is 0. The Balaban J connectivity index is 2.40. The highest BCUT2D eigenvalue weighted by Crippen LogP contribution is 1.89. The summed E-state index contributed by atoms with van der Waals surface area (Å²) < 4.78 is 0. The maximum Gasteiger partial charge on any atom is -0.0115 e. The van der Waals surface area contributed by atoms with Gasteiger partial charge in [0.25, 0.3) is 0 Å². The van der Waals surface area contributed by atoms with Crippen LogP contribution in [0.2, 0.25) is 0 Å². The summed E-state index contributed by atoms with van der Waals surface area (Å²) in [7, 11) is 1.28. The van der Waals surface area contributed by atoms with Crippen LogP contribution in [0.25, 0.3) is 0 Å². The van der Waals surface area contributed by atoms with Crippen LogP contribution in [-0.4, -0.2) is 12.5 Å². The van der Waals surface area contributed by atoms with Gasteiger partial charge in [0.05, 0.1) is 0 Å². The van der Waals surface area contributed by atoms with Gasteiger partial charge in [-0.25, -0.2) is 0 Å². The van der Waals surface area contributed by atoms with Crippen molar-refractivity contribution in [3.8, 4) is 0 Å². The summed E-state index contributed by atoms with van der Waals surface area (Å²) in [6, 6.07) is 0. The number of hydrogen-bond donors (Lipinski definition) is 0. The van der Waals surface area contributed by atoms with Crippen LogP contribution in [0.5, 0.6) is 0 Å². The van der Waals surface area contributed by atoms with Crippen LogP contribution < -0.4 is 0 Å². The lowest BCUT2D eigenvalue weighted by molar-refractivity contribution is 1.11. The van der Waals surface area contributed by atoms with E-state index in [2.05, 4.69) is 13.2 Å². The third-order valence-corrected chi connectivity index (χ3v) is 1.15. The highest BCUT2D eigenvalue weighted by Gasteiger charge is 1.62. The van der Waals surface area contributed by atoms with Crippen molar-refractivity contribution in [3.63, 3.8) is 0 Å². The Labute approximate surface area is 35.0 Å². The van der Waals surface area contributed by atoms with E-state index in [1.807, 2.05) is 0 Å². The Kier molecular flexibility index (Phi) is 4.31. The van der Waals surface area contributed by atoms with Crippen LogP contribution in [-0.2, 0) is 0 Å². The van der Waals surface area contributed by atoms with E-state index in [1.54, 1.807) is 0 Å². The fourth-order valence-electron chi connectivity index (χ4n) is 0.158. The zero-order chi connectivity index (χ0) is 4.12. The maximum atomic E-state index is 3.65. The average Bonchev–Trinajstić information content (AvgIpc) is 1.41. The quantitative estimate of drug-likeness (QED) is 0.451. The van der Waals surface area contributed by atoms with Gasteiger partial charge < -0.3 is 0 Å². The fourth-order valence-corrected chi connectivity index (χ4v) is 0.474. The third-order valence-electron chi connectivity index (χ3n) is 0.382. The minimum absolute atomic E-state index is 1.25. The first kappa shape index (κ1) is 5.17. The predicted molar refractivity (Wildman–Crippen MR) is 29.2 cm³/mol. The van der Waals surface area contributed by atoms with E-state index in [-0.39, 0.29) is 0 Å². The zero-order valence-corrected chi connectivity index (χ0v) is 4.46. The Hall–Kier alpha value is 0.170. The summed E-state index contributed by atoms with van der Waals surface area (Å²) in [4.78, 5) is 0. The van der Waals surface area contributed by atoms with E-state index in [9.17, 15) is 0 Å². The molecule has 0 atom stereocenters. The minimum atomic E-state index is 1.25. The molecule has 0 fully saturated rings. The van der Waals surface area contributed by atoms with Crippen LogP contribution >= 0.6 is 8.20 Å². The standard InChI is InChI=1S/C4H9P/c1-3-4-5-2/h2-4H2,1H3. The van der Waals surface area contributed by atoms with Crippen molar-refractivity contribution >= 4 is 14.5 Å². The van der Waals surface area contributed by atoms with Crippen molar-refractivity contribution in [2.45, 2.75) is 13.3 Å². The van der Waals surface area contributed by atoms with Gasteiger partial charge in [0.15, 0.2) is 0 Å². The summed E-state index contributed by atoms with van der Waals surface area (Å²) in [6.07, 6.45) is 6.17. The highest BCUT2D eigenvalue weighted by atomic mass is 31.1. The van der Waals surface area contributed by atoms with E-state index in [0.717, 1.165) is 0 Å². The smallest absolute Gasteiger partial charge is 0.0115 e. The molecule has 0 aromatic carbocycles. The molecule has 5 heavy (non-hydrogen) atoms. The molecule has 0 unspecified atom stereocenters. The molecular weight excluding hydrogens is 79.0 g/mol. The molecule has 0 heterocycles. The lowest BCUT2D eigenvalue weighted by Crippen LogP contribution is -1.57. The Morgan fingerprint density at radius 3 is 2.40 bits per heavy atom. The molecule has 0 aromatic heterocycles. The monoisotopic (exact) mass is 88.0 g/mol. The molecule has 0 saturated heterocycles. The second-order valence-corrected chi connectivity index (χ2v) is 1.84. The van der Waals surface area contributed by atoms with E-state index in [1.165, 1.54) is 20.8 Å².